The Balaban J connectivity index is 1.71. The fourth-order valence-electron chi connectivity index (χ4n) is 1.78. The minimum Gasteiger partial charge on any atom is -0.398 e. The van der Waals surface area contributed by atoms with E-state index in [4.69, 9.17) is 10.3 Å². The van der Waals surface area contributed by atoms with E-state index >= 15 is 0 Å². The highest BCUT2D eigenvalue weighted by Gasteiger charge is 2.09. The molecule has 0 amide bonds. The summed E-state index contributed by atoms with van der Waals surface area (Å²) in [5.74, 6) is 1.19. The van der Waals surface area contributed by atoms with Gasteiger partial charge in [0.25, 0.3) is 0 Å². The summed E-state index contributed by atoms with van der Waals surface area (Å²) in [6, 6.07) is 13.6. The Hall–Kier alpha value is -2.34. The van der Waals surface area contributed by atoms with Gasteiger partial charge in [0.1, 0.15) is 5.82 Å². The number of rotatable bonds is 4. The van der Waals surface area contributed by atoms with Gasteiger partial charge in [0.2, 0.25) is 11.7 Å². The van der Waals surface area contributed by atoms with Crippen LogP contribution in [0.3, 0.4) is 0 Å². The SMILES string of the molecule is Nc1ccccc1SCc1nc(-c2ccc(F)cc2)no1. The number of para-hydroxylation sites is 1. The van der Waals surface area contributed by atoms with Crippen molar-refractivity contribution in [2.45, 2.75) is 10.6 Å². The highest BCUT2D eigenvalue weighted by atomic mass is 32.2. The zero-order valence-electron chi connectivity index (χ0n) is 11.0. The maximum Gasteiger partial charge on any atom is 0.237 e. The monoisotopic (exact) mass is 301 g/mol. The van der Waals surface area contributed by atoms with Crippen LogP contribution in [0.4, 0.5) is 10.1 Å². The van der Waals surface area contributed by atoms with Crippen LogP contribution >= 0.6 is 11.8 Å². The molecular formula is C15H12FN3OS. The summed E-state index contributed by atoms with van der Waals surface area (Å²) >= 11 is 1.53. The highest BCUT2D eigenvalue weighted by molar-refractivity contribution is 7.98. The van der Waals surface area contributed by atoms with Gasteiger partial charge in [0, 0.05) is 16.1 Å². The van der Waals surface area contributed by atoms with Gasteiger partial charge < -0.3 is 10.3 Å². The summed E-state index contributed by atoms with van der Waals surface area (Å²) in [6.45, 7) is 0. The second-order valence-electron chi connectivity index (χ2n) is 4.35. The van der Waals surface area contributed by atoms with E-state index in [1.807, 2.05) is 24.3 Å². The Bertz CT molecular complexity index is 743. The Kier molecular flexibility index (Phi) is 3.87. The molecule has 3 rings (SSSR count). The normalized spacial score (nSPS) is 10.7. The zero-order valence-corrected chi connectivity index (χ0v) is 11.8. The molecule has 0 aliphatic rings. The average Bonchev–Trinajstić information content (AvgIpc) is 2.96. The van der Waals surface area contributed by atoms with E-state index in [1.165, 1.54) is 23.9 Å². The molecule has 106 valence electrons. The van der Waals surface area contributed by atoms with Crippen molar-refractivity contribution < 1.29 is 8.91 Å². The summed E-state index contributed by atoms with van der Waals surface area (Å²) in [7, 11) is 0. The van der Waals surface area contributed by atoms with Crippen LogP contribution in [0, 0.1) is 5.82 Å². The Morgan fingerprint density at radius 2 is 1.86 bits per heavy atom. The van der Waals surface area contributed by atoms with Crippen molar-refractivity contribution in [1.29, 1.82) is 0 Å². The quantitative estimate of drug-likeness (QED) is 0.587. The summed E-state index contributed by atoms with van der Waals surface area (Å²) in [6.07, 6.45) is 0. The second kappa shape index (κ2) is 5.97. The van der Waals surface area contributed by atoms with Crippen molar-refractivity contribution in [1.82, 2.24) is 10.1 Å². The first-order chi connectivity index (χ1) is 10.2. The number of nitrogens with two attached hydrogens (primary N) is 1. The number of hydrogen-bond donors (Lipinski definition) is 1. The number of thioether (sulfide) groups is 1. The summed E-state index contributed by atoms with van der Waals surface area (Å²) < 4.78 is 18.1. The fraction of sp³-hybridized carbons (Fsp3) is 0.0667. The first-order valence-corrected chi connectivity index (χ1v) is 7.27. The smallest absolute Gasteiger partial charge is 0.237 e. The Morgan fingerprint density at radius 3 is 2.62 bits per heavy atom. The lowest BCUT2D eigenvalue weighted by Crippen LogP contribution is -1.88. The molecule has 2 aromatic carbocycles. The Morgan fingerprint density at radius 1 is 1.10 bits per heavy atom. The minimum atomic E-state index is -0.294. The van der Waals surface area contributed by atoms with Gasteiger partial charge in [0.15, 0.2) is 0 Å². The van der Waals surface area contributed by atoms with E-state index in [0.717, 1.165) is 16.1 Å². The zero-order chi connectivity index (χ0) is 14.7. The molecule has 0 spiro atoms. The van der Waals surface area contributed by atoms with Gasteiger partial charge in [0.05, 0.1) is 5.75 Å². The van der Waals surface area contributed by atoms with Gasteiger partial charge in [-0.15, -0.1) is 11.8 Å². The summed E-state index contributed by atoms with van der Waals surface area (Å²) in [4.78, 5) is 5.26. The van der Waals surface area contributed by atoms with Crippen molar-refractivity contribution in [3.8, 4) is 11.4 Å². The van der Waals surface area contributed by atoms with E-state index in [1.54, 1.807) is 12.1 Å². The number of benzene rings is 2. The topological polar surface area (TPSA) is 64.9 Å². The number of aromatic nitrogens is 2. The van der Waals surface area contributed by atoms with Gasteiger partial charge >= 0.3 is 0 Å². The lowest BCUT2D eigenvalue weighted by atomic mass is 10.2. The fourth-order valence-corrected chi connectivity index (χ4v) is 2.59. The van der Waals surface area contributed by atoms with Crippen LogP contribution in [0.5, 0.6) is 0 Å². The van der Waals surface area contributed by atoms with Crippen LogP contribution in [-0.4, -0.2) is 10.1 Å². The molecular weight excluding hydrogens is 289 g/mol. The first kappa shape index (κ1) is 13.6. The number of anilines is 1. The largest absolute Gasteiger partial charge is 0.398 e. The van der Waals surface area contributed by atoms with Crippen LogP contribution < -0.4 is 5.73 Å². The van der Waals surface area contributed by atoms with Crippen molar-refractivity contribution in [2.75, 3.05) is 5.73 Å². The molecule has 2 N–H and O–H groups in total. The number of halogens is 1. The average molecular weight is 301 g/mol. The minimum absolute atomic E-state index is 0.294. The van der Waals surface area contributed by atoms with E-state index in [0.29, 0.717) is 17.5 Å². The molecule has 0 unspecified atom stereocenters. The molecule has 0 aliphatic carbocycles. The summed E-state index contributed by atoms with van der Waals surface area (Å²) in [5.41, 5.74) is 7.31. The van der Waals surface area contributed by atoms with Gasteiger partial charge in [-0.1, -0.05) is 17.3 Å². The molecule has 4 nitrogen and oxygen atoms in total. The Labute approximate surface area is 125 Å². The molecule has 0 aliphatic heterocycles. The third kappa shape index (κ3) is 3.22. The van der Waals surface area contributed by atoms with Crippen molar-refractivity contribution >= 4 is 17.4 Å². The molecule has 0 radical (unpaired) electrons. The predicted octanol–water partition coefficient (Wildman–Crippen LogP) is 3.75. The van der Waals surface area contributed by atoms with Crippen molar-refractivity contribution in [3.05, 3.63) is 60.2 Å². The summed E-state index contributed by atoms with van der Waals surface area (Å²) in [5, 5.41) is 3.90. The van der Waals surface area contributed by atoms with Gasteiger partial charge in [-0.25, -0.2) is 4.39 Å². The van der Waals surface area contributed by atoms with Crippen LogP contribution in [-0.2, 0) is 5.75 Å². The molecule has 21 heavy (non-hydrogen) atoms. The maximum absolute atomic E-state index is 12.9. The van der Waals surface area contributed by atoms with E-state index < -0.39 is 0 Å². The van der Waals surface area contributed by atoms with Gasteiger partial charge in [-0.3, -0.25) is 0 Å². The van der Waals surface area contributed by atoms with Crippen LogP contribution in [0.2, 0.25) is 0 Å². The molecule has 0 fully saturated rings. The van der Waals surface area contributed by atoms with Crippen LogP contribution in [0.1, 0.15) is 5.89 Å². The molecule has 0 bridgehead atoms. The first-order valence-electron chi connectivity index (χ1n) is 6.28. The standard InChI is InChI=1S/C15H12FN3OS/c16-11-7-5-10(6-8-11)15-18-14(20-19-15)9-21-13-4-2-1-3-12(13)17/h1-8H,9,17H2. The molecule has 6 heteroatoms. The third-order valence-corrected chi connectivity index (χ3v) is 3.91. The molecule has 0 saturated heterocycles. The van der Waals surface area contributed by atoms with Gasteiger partial charge in [-0.2, -0.15) is 4.98 Å². The van der Waals surface area contributed by atoms with Crippen molar-refractivity contribution in [3.63, 3.8) is 0 Å². The van der Waals surface area contributed by atoms with E-state index in [9.17, 15) is 4.39 Å². The number of nitrogen functional groups attached to an aromatic ring is 1. The van der Waals surface area contributed by atoms with Crippen molar-refractivity contribution in [2.24, 2.45) is 0 Å². The van der Waals surface area contributed by atoms with Gasteiger partial charge in [-0.05, 0) is 36.4 Å². The van der Waals surface area contributed by atoms with E-state index in [-0.39, 0.29) is 5.82 Å². The molecule has 3 aromatic rings. The van der Waals surface area contributed by atoms with Crippen LogP contribution in [0.25, 0.3) is 11.4 Å². The van der Waals surface area contributed by atoms with Crippen LogP contribution in [0.15, 0.2) is 57.9 Å². The lowest BCUT2D eigenvalue weighted by molar-refractivity contribution is 0.391. The molecule has 0 atom stereocenters. The number of nitrogens with zero attached hydrogens (tertiary/aromatic N) is 2. The maximum atomic E-state index is 12.9. The molecule has 1 heterocycles. The number of hydrogen-bond acceptors (Lipinski definition) is 5. The molecule has 0 saturated carbocycles. The predicted molar refractivity (Wildman–Crippen MR) is 80.1 cm³/mol. The lowest BCUT2D eigenvalue weighted by Gasteiger charge is -2.01. The third-order valence-electron chi connectivity index (χ3n) is 2.84. The highest BCUT2D eigenvalue weighted by Crippen LogP contribution is 2.27. The second-order valence-corrected chi connectivity index (χ2v) is 5.36. The molecule has 1 aromatic heterocycles. The van der Waals surface area contributed by atoms with E-state index in [2.05, 4.69) is 10.1 Å².